The molecule has 0 saturated heterocycles. The third-order valence-electron chi connectivity index (χ3n) is 11.0. The minimum atomic E-state index is -0.0172. The summed E-state index contributed by atoms with van der Waals surface area (Å²) in [4.78, 5) is 29.6. The Balaban J connectivity index is 4.36. The molecule has 0 unspecified atom stereocenters. The van der Waals surface area contributed by atoms with Crippen molar-refractivity contribution in [3.05, 3.63) is 12.4 Å². The van der Waals surface area contributed by atoms with Gasteiger partial charge in [-0.1, -0.05) is 162 Å². The Morgan fingerprint density at radius 3 is 1.40 bits per heavy atom. The second-order valence-electron chi connectivity index (χ2n) is 16.7. The van der Waals surface area contributed by atoms with Crippen molar-refractivity contribution in [2.75, 3.05) is 46.9 Å². The summed E-state index contributed by atoms with van der Waals surface area (Å²) in [5, 5.41) is 3.44. The van der Waals surface area contributed by atoms with Gasteiger partial charge in [-0.05, 0) is 83.8 Å². The van der Waals surface area contributed by atoms with E-state index in [4.69, 9.17) is 9.47 Å². The van der Waals surface area contributed by atoms with E-state index in [1.54, 1.807) is 0 Å². The Morgan fingerprint density at radius 1 is 0.509 bits per heavy atom. The van der Waals surface area contributed by atoms with Crippen LogP contribution >= 0.6 is 0 Å². The van der Waals surface area contributed by atoms with Gasteiger partial charge >= 0.3 is 11.9 Å². The first kappa shape index (κ1) is 53.2. The highest BCUT2D eigenvalue weighted by molar-refractivity contribution is 5.69. The molecule has 0 saturated carbocycles. The second-order valence-corrected chi connectivity index (χ2v) is 16.7. The molecule has 0 aromatic carbocycles. The fraction of sp³-hybridized carbons (Fsp3) is 0.917. The molecular weight excluding hydrogens is 683 g/mol. The van der Waals surface area contributed by atoms with Gasteiger partial charge in [-0.2, -0.15) is 0 Å². The molecule has 0 bridgehead atoms. The number of unbranched alkanes of at least 4 members (excludes halogenated alkanes) is 23. The average Bonchev–Trinajstić information content (AvgIpc) is 3.17. The van der Waals surface area contributed by atoms with E-state index in [1.807, 2.05) is 19.0 Å². The van der Waals surface area contributed by atoms with E-state index in [1.165, 1.54) is 148 Å². The predicted molar refractivity (Wildman–Crippen MR) is 237 cm³/mol. The molecule has 7 heteroatoms. The number of esters is 2. The predicted octanol–water partition coefficient (Wildman–Crippen LogP) is 13.3. The molecule has 0 aliphatic heterocycles. The second kappa shape index (κ2) is 41.9. The average molecular weight is 778 g/mol. The number of nitrogens with zero attached hydrogens (tertiary/aromatic N) is 2. The first-order chi connectivity index (χ1) is 26.8. The van der Waals surface area contributed by atoms with Gasteiger partial charge in [-0.25, -0.2) is 0 Å². The number of rotatable bonds is 44. The summed E-state index contributed by atoms with van der Waals surface area (Å²) >= 11 is 0. The maximum Gasteiger partial charge on any atom is 0.306 e. The molecule has 0 aliphatic carbocycles. The van der Waals surface area contributed by atoms with Gasteiger partial charge in [0.15, 0.2) is 0 Å². The summed E-state index contributed by atoms with van der Waals surface area (Å²) in [7, 11) is 4.05. The van der Waals surface area contributed by atoms with Crippen molar-refractivity contribution in [2.24, 2.45) is 0 Å². The van der Waals surface area contributed by atoms with Gasteiger partial charge in [-0.3, -0.25) is 9.59 Å². The lowest BCUT2D eigenvalue weighted by Crippen LogP contribution is -2.31. The minimum Gasteiger partial charge on any atom is -0.466 e. The fourth-order valence-electron chi connectivity index (χ4n) is 7.25. The van der Waals surface area contributed by atoms with E-state index in [0.717, 1.165) is 83.4 Å². The van der Waals surface area contributed by atoms with E-state index < -0.39 is 0 Å². The van der Waals surface area contributed by atoms with Crippen LogP contribution in [0, 0.1) is 0 Å². The topological polar surface area (TPSA) is 71.1 Å². The smallest absolute Gasteiger partial charge is 0.306 e. The number of carbonyl (C=O) groups is 2. The highest BCUT2D eigenvalue weighted by Crippen LogP contribution is 2.18. The zero-order valence-corrected chi connectivity index (χ0v) is 37.7. The third kappa shape index (κ3) is 38.9. The van der Waals surface area contributed by atoms with E-state index >= 15 is 0 Å². The zero-order chi connectivity index (χ0) is 40.5. The number of hydrogen-bond acceptors (Lipinski definition) is 7. The van der Waals surface area contributed by atoms with Gasteiger partial charge in [0.05, 0.1) is 12.4 Å². The van der Waals surface area contributed by atoms with E-state index in [2.05, 4.69) is 37.6 Å². The first-order valence-corrected chi connectivity index (χ1v) is 24.0. The Morgan fingerprint density at radius 2 is 0.909 bits per heavy atom. The minimum absolute atomic E-state index is 0.0172. The van der Waals surface area contributed by atoms with Gasteiger partial charge in [-0.15, -0.1) is 0 Å². The largest absolute Gasteiger partial charge is 0.466 e. The summed E-state index contributed by atoms with van der Waals surface area (Å²) < 4.78 is 11.5. The molecule has 0 atom stereocenters. The number of ether oxygens (including phenoxy) is 2. The zero-order valence-electron chi connectivity index (χ0n) is 37.7. The molecule has 0 aliphatic rings. The van der Waals surface area contributed by atoms with Crippen LogP contribution in [0.2, 0.25) is 0 Å². The van der Waals surface area contributed by atoms with Crippen molar-refractivity contribution in [3.63, 3.8) is 0 Å². The maximum atomic E-state index is 12.8. The summed E-state index contributed by atoms with van der Waals surface area (Å²) in [5.74, 6) is 0.978. The number of hydrogen-bond donors (Lipinski definition) is 1. The lowest BCUT2D eigenvalue weighted by atomic mass is 10.0. The Bertz CT molecular complexity index is 835. The van der Waals surface area contributed by atoms with Crippen LogP contribution in [0.5, 0.6) is 0 Å². The van der Waals surface area contributed by atoms with Crippen LogP contribution in [0.4, 0.5) is 0 Å². The highest BCUT2D eigenvalue weighted by atomic mass is 16.5. The molecule has 1 N–H and O–H groups in total. The monoisotopic (exact) mass is 778 g/mol. The third-order valence-corrected chi connectivity index (χ3v) is 11.0. The lowest BCUT2D eigenvalue weighted by Gasteiger charge is -2.23. The van der Waals surface area contributed by atoms with Crippen molar-refractivity contribution < 1.29 is 19.1 Å². The molecular formula is C48H95N3O4. The summed E-state index contributed by atoms with van der Waals surface area (Å²) in [6, 6.07) is 0. The van der Waals surface area contributed by atoms with Crippen molar-refractivity contribution >= 4 is 11.9 Å². The van der Waals surface area contributed by atoms with Crippen LogP contribution in [0.25, 0.3) is 0 Å². The molecule has 0 amide bonds. The molecule has 0 heterocycles. The SMILES string of the molecule is C=C(NCCCN(CCCCCCCC(=O)OCCCCCCCC)CCCCCCCC(=O)OC(CCCCCCCC)CCCCCCCC)N(C)C. The van der Waals surface area contributed by atoms with Gasteiger partial charge in [0.25, 0.3) is 0 Å². The van der Waals surface area contributed by atoms with Crippen LogP contribution in [0.3, 0.4) is 0 Å². The van der Waals surface area contributed by atoms with Gasteiger partial charge in [0, 0.05) is 33.5 Å². The van der Waals surface area contributed by atoms with Crippen molar-refractivity contribution in [1.82, 2.24) is 15.1 Å². The van der Waals surface area contributed by atoms with Crippen LogP contribution < -0.4 is 5.32 Å². The van der Waals surface area contributed by atoms with Crippen LogP contribution in [0.15, 0.2) is 12.4 Å². The van der Waals surface area contributed by atoms with Gasteiger partial charge < -0.3 is 24.6 Å². The number of nitrogens with one attached hydrogen (secondary N) is 1. The summed E-state index contributed by atoms with van der Waals surface area (Å²) in [5.41, 5.74) is 0. The molecule has 7 nitrogen and oxygen atoms in total. The van der Waals surface area contributed by atoms with Crippen LogP contribution in [0.1, 0.15) is 233 Å². The molecule has 55 heavy (non-hydrogen) atoms. The Kier molecular flexibility index (Phi) is 40.5. The first-order valence-electron chi connectivity index (χ1n) is 24.0. The fourth-order valence-corrected chi connectivity index (χ4v) is 7.25. The maximum absolute atomic E-state index is 12.8. The Labute approximate surface area is 343 Å². The molecule has 326 valence electrons. The molecule has 0 aromatic heterocycles. The molecule has 0 rings (SSSR count). The summed E-state index contributed by atoms with van der Waals surface area (Å²) in [6.07, 6.45) is 38.5. The van der Waals surface area contributed by atoms with Gasteiger partial charge in [0.2, 0.25) is 0 Å². The standard InChI is InChI=1S/C48H95N3O4/c1-7-10-13-16-21-28-36-46(37-29-22-17-14-11-8-2)55-48(53)39-31-24-20-26-33-42-51(43-35-40-49-45(4)50(5)6)41-32-25-19-23-30-38-47(52)54-44-34-27-18-15-12-9-3/h46,49H,4,7-44H2,1-3,5-6H3. The Hall–Kier alpha value is -1.76. The van der Waals surface area contributed by atoms with Crippen LogP contribution in [-0.2, 0) is 19.1 Å². The molecule has 0 fully saturated rings. The normalized spacial score (nSPS) is 11.4. The molecule has 0 spiro atoms. The van der Waals surface area contributed by atoms with Gasteiger partial charge in [0.1, 0.15) is 6.10 Å². The molecule has 0 radical (unpaired) electrons. The van der Waals surface area contributed by atoms with Crippen LogP contribution in [-0.4, -0.2) is 74.7 Å². The van der Waals surface area contributed by atoms with Crippen molar-refractivity contribution in [3.8, 4) is 0 Å². The van der Waals surface area contributed by atoms with Crippen molar-refractivity contribution in [2.45, 2.75) is 239 Å². The summed E-state index contributed by atoms with van der Waals surface area (Å²) in [6.45, 7) is 15.8. The van der Waals surface area contributed by atoms with E-state index in [-0.39, 0.29) is 18.0 Å². The number of carbonyl (C=O) groups excluding carboxylic acids is 2. The molecule has 0 aromatic rings. The van der Waals surface area contributed by atoms with E-state index in [0.29, 0.717) is 19.4 Å². The quantitative estimate of drug-likeness (QED) is 0.0488. The highest BCUT2D eigenvalue weighted by Gasteiger charge is 2.14. The van der Waals surface area contributed by atoms with E-state index in [9.17, 15) is 9.59 Å². The lowest BCUT2D eigenvalue weighted by molar-refractivity contribution is -0.150. The van der Waals surface area contributed by atoms with Crippen molar-refractivity contribution in [1.29, 1.82) is 0 Å².